The Bertz CT molecular complexity index is 638. The highest BCUT2D eigenvalue weighted by molar-refractivity contribution is 6.04. The zero-order valence-corrected chi connectivity index (χ0v) is 14.4. The van der Waals surface area contributed by atoms with Crippen molar-refractivity contribution in [3.8, 4) is 11.5 Å². The third kappa shape index (κ3) is 5.61. The van der Waals surface area contributed by atoms with Crippen LogP contribution in [0, 0.1) is 0 Å². The van der Waals surface area contributed by atoms with Gasteiger partial charge in [-0.15, -0.1) is 0 Å². The van der Waals surface area contributed by atoms with Crippen LogP contribution in [0.5, 0.6) is 11.5 Å². The molecule has 2 rings (SSSR count). The highest BCUT2D eigenvalue weighted by Crippen LogP contribution is 2.19. The van der Waals surface area contributed by atoms with Crippen LogP contribution >= 0.6 is 0 Å². The van der Waals surface area contributed by atoms with Gasteiger partial charge in [0, 0.05) is 17.3 Å². The van der Waals surface area contributed by atoms with Gasteiger partial charge in [-0.25, -0.2) is 0 Å². The molecule has 0 radical (unpaired) electrons. The number of hydrogen-bond acceptors (Lipinski definition) is 3. The number of hydrogen-bond donors (Lipinski definition) is 1. The van der Waals surface area contributed by atoms with Crippen LogP contribution in [-0.4, -0.2) is 19.1 Å². The second kappa shape index (κ2) is 9.60. The summed E-state index contributed by atoms with van der Waals surface area (Å²) in [5.41, 5.74) is 1.31. The molecule has 4 heteroatoms. The summed E-state index contributed by atoms with van der Waals surface area (Å²) in [6.07, 6.45) is 3.07. The first-order chi connectivity index (χ1) is 11.7. The van der Waals surface area contributed by atoms with Crippen LogP contribution in [0.2, 0.25) is 0 Å². The van der Waals surface area contributed by atoms with Crippen molar-refractivity contribution in [1.82, 2.24) is 0 Å². The lowest BCUT2D eigenvalue weighted by Gasteiger charge is -2.09. The Kier molecular flexibility index (Phi) is 7.15. The molecule has 0 atom stereocenters. The fourth-order valence-corrected chi connectivity index (χ4v) is 2.12. The van der Waals surface area contributed by atoms with Gasteiger partial charge >= 0.3 is 0 Å². The molecule has 1 amide bonds. The van der Waals surface area contributed by atoms with Crippen molar-refractivity contribution in [2.45, 2.75) is 33.1 Å². The Hall–Kier alpha value is -2.49. The van der Waals surface area contributed by atoms with Crippen LogP contribution in [-0.2, 0) is 0 Å². The Labute approximate surface area is 143 Å². The van der Waals surface area contributed by atoms with Gasteiger partial charge in [0.1, 0.15) is 11.5 Å². The topological polar surface area (TPSA) is 47.6 Å². The van der Waals surface area contributed by atoms with Gasteiger partial charge in [-0.05, 0) is 49.2 Å². The molecule has 1 N–H and O–H groups in total. The molecule has 0 heterocycles. The molecule has 128 valence electrons. The van der Waals surface area contributed by atoms with Gasteiger partial charge in [0.15, 0.2) is 0 Å². The van der Waals surface area contributed by atoms with Crippen LogP contribution < -0.4 is 14.8 Å². The second-order valence-corrected chi connectivity index (χ2v) is 5.56. The summed E-state index contributed by atoms with van der Waals surface area (Å²) < 4.78 is 11.2. The number of anilines is 1. The molecule has 0 bridgehead atoms. The predicted molar refractivity (Wildman–Crippen MR) is 97.0 cm³/mol. The molecule has 24 heavy (non-hydrogen) atoms. The standard InChI is InChI=1S/C20H25NO3/c1-3-5-14-24-18-11-9-16(10-12-18)20(22)21-17-7-6-8-19(15-17)23-13-4-2/h6-12,15H,3-5,13-14H2,1-2H3,(H,21,22). The van der Waals surface area contributed by atoms with E-state index in [4.69, 9.17) is 9.47 Å². The van der Waals surface area contributed by atoms with Gasteiger partial charge in [0.2, 0.25) is 0 Å². The lowest BCUT2D eigenvalue weighted by molar-refractivity contribution is 0.102. The molecule has 0 fully saturated rings. The van der Waals surface area contributed by atoms with Crippen molar-refractivity contribution >= 4 is 11.6 Å². The average Bonchev–Trinajstić information content (AvgIpc) is 2.61. The first-order valence-electron chi connectivity index (χ1n) is 8.50. The molecular formula is C20H25NO3. The van der Waals surface area contributed by atoms with Gasteiger partial charge < -0.3 is 14.8 Å². The number of carbonyl (C=O) groups is 1. The number of ether oxygens (including phenoxy) is 2. The fourth-order valence-electron chi connectivity index (χ4n) is 2.12. The Morgan fingerprint density at radius 3 is 2.38 bits per heavy atom. The second-order valence-electron chi connectivity index (χ2n) is 5.56. The molecule has 0 aliphatic rings. The lowest BCUT2D eigenvalue weighted by atomic mass is 10.2. The highest BCUT2D eigenvalue weighted by atomic mass is 16.5. The average molecular weight is 327 g/mol. The van der Waals surface area contributed by atoms with E-state index in [0.29, 0.717) is 18.8 Å². The van der Waals surface area contributed by atoms with Gasteiger partial charge in [0.25, 0.3) is 5.91 Å². The van der Waals surface area contributed by atoms with Gasteiger partial charge in [-0.3, -0.25) is 4.79 Å². The van der Waals surface area contributed by atoms with E-state index in [0.717, 1.165) is 36.4 Å². The summed E-state index contributed by atoms with van der Waals surface area (Å²) in [7, 11) is 0. The van der Waals surface area contributed by atoms with E-state index >= 15 is 0 Å². The van der Waals surface area contributed by atoms with Crippen molar-refractivity contribution in [3.05, 3.63) is 54.1 Å². The number of unbranched alkanes of at least 4 members (excludes halogenated alkanes) is 1. The Balaban J connectivity index is 1.94. The van der Waals surface area contributed by atoms with Gasteiger partial charge in [-0.2, -0.15) is 0 Å². The molecule has 4 nitrogen and oxygen atoms in total. The van der Waals surface area contributed by atoms with E-state index in [1.54, 1.807) is 12.1 Å². The largest absolute Gasteiger partial charge is 0.494 e. The monoisotopic (exact) mass is 327 g/mol. The van der Waals surface area contributed by atoms with Crippen molar-refractivity contribution in [1.29, 1.82) is 0 Å². The zero-order chi connectivity index (χ0) is 17.2. The van der Waals surface area contributed by atoms with Crippen molar-refractivity contribution in [3.63, 3.8) is 0 Å². The van der Waals surface area contributed by atoms with E-state index in [-0.39, 0.29) is 5.91 Å². The Morgan fingerprint density at radius 2 is 1.67 bits per heavy atom. The fraction of sp³-hybridized carbons (Fsp3) is 0.350. The maximum absolute atomic E-state index is 12.3. The van der Waals surface area contributed by atoms with E-state index in [2.05, 4.69) is 19.2 Å². The zero-order valence-electron chi connectivity index (χ0n) is 14.4. The molecular weight excluding hydrogens is 302 g/mol. The lowest BCUT2D eigenvalue weighted by Crippen LogP contribution is -2.12. The molecule has 2 aromatic carbocycles. The highest BCUT2D eigenvalue weighted by Gasteiger charge is 2.07. The van der Waals surface area contributed by atoms with Gasteiger partial charge in [-0.1, -0.05) is 26.3 Å². The number of rotatable bonds is 9. The minimum atomic E-state index is -0.150. The van der Waals surface area contributed by atoms with Crippen LogP contribution in [0.3, 0.4) is 0 Å². The number of carbonyl (C=O) groups excluding carboxylic acids is 1. The summed E-state index contributed by atoms with van der Waals surface area (Å²) in [5, 5.41) is 2.89. The van der Waals surface area contributed by atoms with Gasteiger partial charge in [0.05, 0.1) is 13.2 Å². The quantitative estimate of drug-likeness (QED) is 0.666. The molecule has 0 spiro atoms. The minimum absolute atomic E-state index is 0.150. The number of nitrogens with one attached hydrogen (secondary N) is 1. The third-order valence-corrected chi connectivity index (χ3v) is 3.45. The van der Waals surface area contributed by atoms with Crippen LogP contribution in [0.15, 0.2) is 48.5 Å². The predicted octanol–water partition coefficient (Wildman–Crippen LogP) is 4.91. The maximum Gasteiger partial charge on any atom is 0.255 e. The third-order valence-electron chi connectivity index (χ3n) is 3.45. The van der Waals surface area contributed by atoms with Crippen molar-refractivity contribution < 1.29 is 14.3 Å². The molecule has 0 aromatic heterocycles. The van der Waals surface area contributed by atoms with E-state index in [9.17, 15) is 4.79 Å². The maximum atomic E-state index is 12.3. The first kappa shape index (κ1) is 17.9. The summed E-state index contributed by atoms with van der Waals surface area (Å²) in [5.74, 6) is 1.40. The molecule has 0 saturated carbocycles. The molecule has 0 unspecified atom stereocenters. The van der Waals surface area contributed by atoms with E-state index < -0.39 is 0 Å². The van der Waals surface area contributed by atoms with Crippen LogP contribution in [0.1, 0.15) is 43.5 Å². The number of amides is 1. The summed E-state index contributed by atoms with van der Waals surface area (Å²) >= 11 is 0. The minimum Gasteiger partial charge on any atom is -0.494 e. The van der Waals surface area contributed by atoms with Crippen LogP contribution in [0.4, 0.5) is 5.69 Å². The van der Waals surface area contributed by atoms with Crippen molar-refractivity contribution in [2.24, 2.45) is 0 Å². The van der Waals surface area contributed by atoms with Crippen LogP contribution in [0.25, 0.3) is 0 Å². The summed E-state index contributed by atoms with van der Waals surface area (Å²) in [6, 6.07) is 14.6. The summed E-state index contributed by atoms with van der Waals surface area (Å²) in [4.78, 5) is 12.3. The summed E-state index contributed by atoms with van der Waals surface area (Å²) in [6.45, 7) is 5.55. The molecule has 0 aliphatic carbocycles. The smallest absolute Gasteiger partial charge is 0.255 e. The molecule has 0 aliphatic heterocycles. The molecule has 0 saturated heterocycles. The molecule has 2 aromatic rings. The SMILES string of the molecule is CCCCOc1ccc(C(=O)Nc2cccc(OCCC)c2)cc1. The Morgan fingerprint density at radius 1 is 0.917 bits per heavy atom. The first-order valence-corrected chi connectivity index (χ1v) is 8.50. The van der Waals surface area contributed by atoms with E-state index in [1.807, 2.05) is 36.4 Å². The van der Waals surface area contributed by atoms with Crippen molar-refractivity contribution in [2.75, 3.05) is 18.5 Å². The number of benzene rings is 2. The normalized spacial score (nSPS) is 10.2. The van der Waals surface area contributed by atoms with E-state index in [1.165, 1.54) is 0 Å².